The van der Waals surface area contributed by atoms with Crippen molar-refractivity contribution in [2.24, 2.45) is 5.73 Å². The molecular weight excluding hydrogens is 1030 g/mol. The van der Waals surface area contributed by atoms with Crippen LogP contribution in [0.2, 0.25) is 0 Å². The zero-order valence-electron chi connectivity index (χ0n) is 44.2. The van der Waals surface area contributed by atoms with Gasteiger partial charge in [0.1, 0.15) is 48.0 Å². The highest BCUT2D eigenvalue weighted by Gasteiger charge is 2.38. The summed E-state index contributed by atoms with van der Waals surface area (Å²) in [6.07, 6.45) is 9.18. The van der Waals surface area contributed by atoms with Crippen LogP contribution >= 0.6 is 0 Å². The summed E-state index contributed by atoms with van der Waals surface area (Å²) in [4.78, 5) is 154. The number of aliphatic hydroxyl groups excluding tert-OH is 4. The quantitative estimate of drug-likeness (QED) is 0.00912. The van der Waals surface area contributed by atoms with E-state index in [0.717, 1.165) is 51.5 Å². The number of hydroxylamine groups is 4. The van der Waals surface area contributed by atoms with Gasteiger partial charge in [0.05, 0.1) is 19.8 Å². The van der Waals surface area contributed by atoms with Crippen LogP contribution in [0.5, 0.6) is 0 Å². The zero-order chi connectivity index (χ0) is 58.9. The van der Waals surface area contributed by atoms with Gasteiger partial charge in [-0.05, 0) is 71.1 Å². The molecule has 0 saturated carbocycles. The minimum Gasteiger partial charge on any atom is -0.479 e. The second-order valence-electron chi connectivity index (χ2n) is 18.2. The second kappa shape index (κ2) is 37.6. The normalized spacial score (nSPS) is 16.2. The Labute approximate surface area is 450 Å². The fourth-order valence-electron chi connectivity index (χ4n) is 7.39. The number of nitrogens with two attached hydrogens (primary N) is 1. The van der Waals surface area contributed by atoms with Gasteiger partial charge in [-0.15, -0.1) is 0 Å². The van der Waals surface area contributed by atoms with Gasteiger partial charge in [0.25, 0.3) is 11.8 Å². The van der Waals surface area contributed by atoms with Crippen LogP contribution in [0, 0.1) is 0 Å². The fourth-order valence-corrected chi connectivity index (χ4v) is 7.39. The summed E-state index contributed by atoms with van der Waals surface area (Å²) in [6, 6.07) is -12.5. The van der Waals surface area contributed by atoms with E-state index in [-0.39, 0.29) is 32.4 Å². The number of hydrogen-bond donors (Lipinski definition) is 16. The molecule has 1 heterocycles. The van der Waals surface area contributed by atoms with Gasteiger partial charge in [0.15, 0.2) is 6.10 Å². The van der Waals surface area contributed by atoms with Gasteiger partial charge in [-0.25, -0.2) is 14.9 Å². The average Bonchev–Trinajstić information content (AvgIpc) is 3.40. The molecule has 1 fully saturated rings. The number of nitrogens with one attached hydrogen (secondary N) is 8. The van der Waals surface area contributed by atoms with Crippen molar-refractivity contribution < 1.29 is 93.5 Å². The Morgan fingerprint density at radius 1 is 0.692 bits per heavy atom. The van der Waals surface area contributed by atoms with Crippen molar-refractivity contribution in [1.82, 2.24) is 52.7 Å². The number of rotatable bonds is 38. The molecule has 0 spiro atoms. The summed E-state index contributed by atoms with van der Waals surface area (Å²) < 4.78 is 0. The maximum Gasteiger partial charge on any atom is 0.335 e. The van der Waals surface area contributed by atoms with Crippen molar-refractivity contribution in [1.29, 1.82) is 0 Å². The molecule has 1 aliphatic rings. The van der Waals surface area contributed by atoms with Crippen molar-refractivity contribution in [2.45, 2.75) is 172 Å². The summed E-state index contributed by atoms with van der Waals surface area (Å²) in [6.45, 7) is 0.667. The Hall–Kier alpha value is -7.12. The number of nitrogens with zero attached hydrogens (tertiary/aromatic N) is 2. The van der Waals surface area contributed by atoms with Gasteiger partial charge >= 0.3 is 5.97 Å². The zero-order valence-corrected chi connectivity index (χ0v) is 44.2. The predicted molar refractivity (Wildman–Crippen MR) is 271 cm³/mol. The number of allylic oxidation sites excluding steroid dienone is 3. The molecular formula is C48H79N11O19. The van der Waals surface area contributed by atoms with Gasteiger partial charge in [0, 0.05) is 32.9 Å². The van der Waals surface area contributed by atoms with Gasteiger partial charge in [-0.2, -0.15) is 0 Å². The minimum absolute atomic E-state index is 0.0224. The van der Waals surface area contributed by atoms with Crippen LogP contribution < -0.4 is 48.3 Å². The van der Waals surface area contributed by atoms with E-state index in [2.05, 4.69) is 50.2 Å². The maximum atomic E-state index is 13.7. The number of primary amides is 1. The number of carboxylic acid groups (broad SMARTS) is 1. The molecule has 0 aromatic carbocycles. The first kappa shape index (κ1) is 68.9. The van der Waals surface area contributed by atoms with Crippen molar-refractivity contribution in [2.75, 3.05) is 32.9 Å². The Bertz CT molecular complexity index is 2110. The van der Waals surface area contributed by atoms with Crippen LogP contribution in [0.4, 0.5) is 0 Å². The lowest BCUT2D eigenvalue weighted by atomic mass is 10.1. The van der Waals surface area contributed by atoms with Crippen LogP contribution in [0.1, 0.15) is 124 Å². The molecule has 8 atom stereocenters. The van der Waals surface area contributed by atoms with Crippen LogP contribution in [0.3, 0.4) is 0 Å². The first-order valence-corrected chi connectivity index (χ1v) is 25.7. The summed E-state index contributed by atoms with van der Waals surface area (Å²) in [5, 5.41) is 87.7. The van der Waals surface area contributed by atoms with E-state index >= 15 is 0 Å². The Morgan fingerprint density at radius 3 is 1.74 bits per heavy atom. The molecule has 0 aliphatic carbocycles. The van der Waals surface area contributed by atoms with E-state index in [1.165, 1.54) is 13.3 Å². The lowest BCUT2D eigenvalue weighted by Crippen LogP contribution is -2.62. The Kier molecular flexibility index (Phi) is 33.2. The molecule has 0 aromatic rings. The van der Waals surface area contributed by atoms with E-state index in [0.29, 0.717) is 29.4 Å². The molecule has 78 heavy (non-hydrogen) atoms. The van der Waals surface area contributed by atoms with E-state index in [4.69, 9.17) is 5.73 Å². The number of amides is 11. The standard InChI is InChI=1S/C48H79N11O19/c1-4-6-7-8-9-10-11-12-13-14-15-20-37(65)57-38(39(66)48(75)76)46(73)56-35(27-62)44(71)52-31(21-22-36(49)64)42(69)55-33(25-60)43(70)51-30(18-16-23-58(77)28(3)63)41(68)50-29(5-2)40(67)54-34(26-61)45(72)53-32-19-17-24-59(78)47(32)74/h5,10-11,30-35,38-39,60-62,66,77-78H,4,6-9,12-27H2,1-3H3,(H2,49,64)(H,50,68)(H,51,70)(H,52,71)(H,53,72)(H,54,67)(H,55,69)(H,56,73)(H,57,65)(H,75,76)/b11-10-,29-5+/t30-,31-,32+,33-,34+,35+,38+,39+/m0/s1. The third-order valence-corrected chi connectivity index (χ3v) is 12.0. The number of unbranched alkanes of at least 4 members (excludes halogenated alkanes) is 7. The lowest BCUT2D eigenvalue weighted by Gasteiger charge is -2.29. The highest BCUT2D eigenvalue weighted by Crippen LogP contribution is 2.12. The number of hydrogen-bond acceptors (Lipinski definition) is 18. The topological polar surface area (TPSA) is 475 Å². The molecule has 0 unspecified atom stereocenters. The molecule has 0 aromatic heterocycles. The largest absolute Gasteiger partial charge is 0.479 e. The van der Waals surface area contributed by atoms with E-state index in [1.807, 2.05) is 11.4 Å². The first-order valence-electron chi connectivity index (χ1n) is 25.7. The smallest absolute Gasteiger partial charge is 0.335 e. The van der Waals surface area contributed by atoms with Gasteiger partial charge in [-0.1, -0.05) is 50.8 Å². The van der Waals surface area contributed by atoms with Crippen molar-refractivity contribution in [3.63, 3.8) is 0 Å². The second-order valence-corrected chi connectivity index (χ2v) is 18.2. The molecule has 1 aliphatic heterocycles. The summed E-state index contributed by atoms with van der Waals surface area (Å²) >= 11 is 0. The van der Waals surface area contributed by atoms with Crippen LogP contribution in [-0.4, -0.2) is 198 Å². The number of piperidine rings is 1. The molecule has 0 radical (unpaired) electrons. The fraction of sp³-hybridized carbons (Fsp3) is 0.667. The van der Waals surface area contributed by atoms with Gasteiger partial charge < -0.3 is 73.8 Å². The Balaban J connectivity index is 3.19. The first-order chi connectivity index (χ1) is 37.0. The molecule has 17 N–H and O–H groups in total. The highest BCUT2D eigenvalue weighted by molar-refractivity contribution is 6.02. The van der Waals surface area contributed by atoms with E-state index in [1.54, 1.807) is 0 Å². The van der Waals surface area contributed by atoms with Crippen molar-refractivity contribution in [3.8, 4) is 0 Å². The minimum atomic E-state index is -2.53. The van der Waals surface area contributed by atoms with Gasteiger partial charge in [-0.3, -0.25) is 63.2 Å². The molecule has 0 bridgehead atoms. The summed E-state index contributed by atoms with van der Waals surface area (Å²) in [5.74, 6) is -14.0. The number of aliphatic hydroxyl groups is 4. The summed E-state index contributed by atoms with van der Waals surface area (Å²) in [5.41, 5.74) is 4.72. The highest BCUT2D eigenvalue weighted by atomic mass is 16.5. The predicted octanol–water partition coefficient (Wildman–Crippen LogP) is -4.41. The molecule has 30 heteroatoms. The lowest BCUT2D eigenvalue weighted by molar-refractivity contribution is -0.173. The average molecular weight is 1110 g/mol. The van der Waals surface area contributed by atoms with E-state index in [9.17, 15) is 93.5 Å². The molecule has 1 saturated heterocycles. The monoisotopic (exact) mass is 1110 g/mol. The summed E-state index contributed by atoms with van der Waals surface area (Å²) in [7, 11) is 0. The van der Waals surface area contributed by atoms with Crippen LogP contribution in [0.25, 0.3) is 0 Å². The van der Waals surface area contributed by atoms with E-state index < -0.39 is 164 Å². The Morgan fingerprint density at radius 2 is 1.22 bits per heavy atom. The molecule has 1 rings (SSSR count). The van der Waals surface area contributed by atoms with Crippen LogP contribution in [-0.2, 0) is 57.5 Å². The molecule has 440 valence electrons. The third-order valence-electron chi connectivity index (χ3n) is 12.0. The van der Waals surface area contributed by atoms with Crippen molar-refractivity contribution >= 4 is 70.9 Å². The molecule has 30 nitrogen and oxygen atoms in total. The van der Waals surface area contributed by atoms with Crippen LogP contribution in [0.15, 0.2) is 23.9 Å². The number of carboxylic acids is 1. The number of carbonyl (C=O) groups excluding carboxylic acids is 11. The van der Waals surface area contributed by atoms with Gasteiger partial charge in [0.2, 0.25) is 53.2 Å². The molecule has 11 amide bonds. The number of carbonyl (C=O) groups is 12. The van der Waals surface area contributed by atoms with Crippen molar-refractivity contribution in [3.05, 3.63) is 23.9 Å². The SMILES string of the molecule is C/C=C(/NC(=O)[C@H](CCCN(O)C(C)=O)NC(=O)[C@H](CO)NC(=O)[C@H](CCC(N)=O)NC(=O)[C@@H](CO)NC(=O)[C@H](NC(=O)CCCCC/C=C\CCCCCC)[C@@H](O)C(=O)O)C(=O)N[C@H](CO)C(=O)N[C@@H]1CCCN(O)C1=O. The third kappa shape index (κ3) is 25.8. The number of aliphatic carboxylic acids is 1. The maximum absolute atomic E-state index is 13.7.